The Morgan fingerprint density at radius 2 is 2.08 bits per heavy atom. The van der Waals surface area contributed by atoms with Crippen molar-refractivity contribution in [3.8, 4) is 0 Å². The summed E-state index contributed by atoms with van der Waals surface area (Å²) >= 11 is 0. The van der Waals surface area contributed by atoms with Crippen LogP contribution >= 0.6 is 0 Å². The number of hydrogen-bond acceptors (Lipinski definition) is 3. The van der Waals surface area contributed by atoms with E-state index in [1.54, 1.807) is 0 Å². The lowest BCUT2D eigenvalue weighted by Gasteiger charge is -2.32. The molecule has 1 atom stereocenters. The third-order valence-electron chi connectivity index (χ3n) is 5.14. The van der Waals surface area contributed by atoms with Crippen molar-refractivity contribution in [1.82, 2.24) is 14.5 Å². The van der Waals surface area contributed by atoms with Crippen LogP contribution in [0.5, 0.6) is 0 Å². The highest BCUT2D eigenvalue weighted by Gasteiger charge is 2.30. The number of fused-ring (bicyclic) bond motifs is 1. The first-order valence-electron chi connectivity index (χ1n) is 8.82. The molecule has 0 aliphatic carbocycles. The van der Waals surface area contributed by atoms with E-state index in [4.69, 9.17) is 4.42 Å². The molecule has 5 nitrogen and oxygen atoms in total. The molecule has 4 rings (SSSR count). The molecular weight excluding hydrogens is 314 g/mol. The predicted octanol–water partition coefficient (Wildman–Crippen LogP) is 3.80. The minimum atomic E-state index is -0.00988. The van der Waals surface area contributed by atoms with Crippen molar-refractivity contribution in [3.05, 3.63) is 53.3 Å². The second-order valence-corrected chi connectivity index (χ2v) is 6.99. The summed E-state index contributed by atoms with van der Waals surface area (Å²) in [5.74, 6) is 1.81. The van der Waals surface area contributed by atoms with E-state index in [1.807, 2.05) is 56.3 Å². The molecule has 1 aliphatic rings. The number of rotatable bonds is 2. The number of aryl methyl sites for hydroxylation is 3. The number of hydrogen-bond donors (Lipinski definition) is 0. The fraction of sp³-hybridized carbons (Fsp3) is 0.400. The van der Waals surface area contributed by atoms with Crippen molar-refractivity contribution >= 4 is 16.9 Å². The monoisotopic (exact) mass is 337 g/mol. The highest BCUT2D eigenvalue weighted by Crippen LogP contribution is 2.30. The lowest BCUT2D eigenvalue weighted by molar-refractivity contribution is 0.0672. The Bertz CT molecular complexity index is 938. The van der Waals surface area contributed by atoms with Crippen LogP contribution in [-0.2, 0) is 7.05 Å². The smallest absolute Gasteiger partial charge is 0.289 e. The standard InChI is InChI=1S/C20H23N3O2/c1-13-11-22(3)19(21-13)15-7-6-10-23(12-15)20(24)18-14(2)16-8-4-5-9-17(16)25-18/h4-5,8-9,11,15H,6-7,10,12H2,1-3H3/t15-/m0/s1. The number of para-hydroxylation sites is 1. The first-order valence-corrected chi connectivity index (χ1v) is 8.82. The topological polar surface area (TPSA) is 51.3 Å². The van der Waals surface area contributed by atoms with Gasteiger partial charge in [-0.25, -0.2) is 4.98 Å². The molecule has 0 radical (unpaired) electrons. The normalized spacial score (nSPS) is 18.0. The molecule has 1 amide bonds. The number of carbonyl (C=O) groups excluding carboxylic acids is 1. The molecule has 130 valence electrons. The van der Waals surface area contributed by atoms with Gasteiger partial charge in [0.25, 0.3) is 5.91 Å². The summed E-state index contributed by atoms with van der Waals surface area (Å²) in [6, 6.07) is 7.81. The van der Waals surface area contributed by atoms with Crippen molar-refractivity contribution in [2.75, 3.05) is 13.1 Å². The molecule has 2 aromatic heterocycles. The lowest BCUT2D eigenvalue weighted by Crippen LogP contribution is -2.39. The molecule has 1 fully saturated rings. The maximum atomic E-state index is 13.1. The average Bonchev–Trinajstić information content (AvgIpc) is 3.14. The summed E-state index contributed by atoms with van der Waals surface area (Å²) in [7, 11) is 2.03. The van der Waals surface area contributed by atoms with Crippen LogP contribution in [0.1, 0.15) is 46.4 Å². The molecule has 0 bridgehead atoms. The van der Waals surface area contributed by atoms with Crippen molar-refractivity contribution in [3.63, 3.8) is 0 Å². The first kappa shape index (κ1) is 15.9. The zero-order valence-corrected chi connectivity index (χ0v) is 15.0. The van der Waals surface area contributed by atoms with E-state index in [-0.39, 0.29) is 11.8 Å². The van der Waals surface area contributed by atoms with Gasteiger partial charge < -0.3 is 13.9 Å². The Hall–Kier alpha value is -2.56. The van der Waals surface area contributed by atoms with Gasteiger partial charge >= 0.3 is 0 Å². The highest BCUT2D eigenvalue weighted by molar-refractivity contribution is 5.99. The second-order valence-electron chi connectivity index (χ2n) is 6.99. The maximum absolute atomic E-state index is 13.1. The summed E-state index contributed by atoms with van der Waals surface area (Å²) in [6.45, 7) is 5.43. The van der Waals surface area contributed by atoms with Crippen molar-refractivity contribution in [2.24, 2.45) is 7.05 Å². The Morgan fingerprint density at radius 1 is 1.28 bits per heavy atom. The number of imidazole rings is 1. The molecule has 1 aromatic carbocycles. The van der Waals surface area contributed by atoms with Gasteiger partial charge in [-0.2, -0.15) is 0 Å². The largest absolute Gasteiger partial charge is 0.451 e. The van der Waals surface area contributed by atoms with Crippen LogP contribution in [0.2, 0.25) is 0 Å². The second kappa shape index (κ2) is 6.06. The quantitative estimate of drug-likeness (QED) is 0.714. The number of benzene rings is 1. The van der Waals surface area contributed by atoms with Crippen molar-refractivity contribution in [1.29, 1.82) is 0 Å². The van der Waals surface area contributed by atoms with Gasteiger partial charge in [0.2, 0.25) is 0 Å². The molecule has 25 heavy (non-hydrogen) atoms. The molecule has 3 heterocycles. The van der Waals surface area contributed by atoms with Crippen LogP contribution in [0.15, 0.2) is 34.9 Å². The van der Waals surface area contributed by atoms with Crippen molar-refractivity contribution < 1.29 is 9.21 Å². The third kappa shape index (κ3) is 2.73. The average molecular weight is 337 g/mol. The molecule has 3 aromatic rings. The van der Waals surface area contributed by atoms with Crippen LogP contribution in [-0.4, -0.2) is 33.4 Å². The molecule has 1 saturated heterocycles. The summed E-state index contributed by atoms with van der Waals surface area (Å²) in [4.78, 5) is 19.6. The highest BCUT2D eigenvalue weighted by atomic mass is 16.3. The number of likely N-dealkylation sites (tertiary alicyclic amines) is 1. The van der Waals surface area contributed by atoms with Gasteiger partial charge in [-0.15, -0.1) is 0 Å². The van der Waals surface area contributed by atoms with E-state index in [2.05, 4.69) is 9.55 Å². The number of nitrogens with zero attached hydrogens (tertiary/aromatic N) is 3. The fourth-order valence-electron chi connectivity index (χ4n) is 3.91. The van der Waals surface area contributed by atoms with Gasteiger partial charge in [0.05, 0.1) is 5.69 Å². The van der Waals surface area contributed by atoms with Crippen LogP contribution in [0.3, 0.4) is 0 Å². The molecule has 0 spiro atoms. The van der Waals surface area contributed by atoms with E-state index in [0.29, 0.717) is 12.3 Å². The van der Waals surface area contributed by atoms with Crippen molar-refractivity contribution in [2.45, 2.75) is 32.6 Å². The molecule has 1 aliphatic heterocycles. The predicted molar refractivity (Wildman–Crippen MR) is 96.8 cm³/mol. The number of piperidine rings is 1. The molecule has 0 N–H and O–H groups in total. The summed E-state index contributed by atoms with van der Waals surface area (Å²) < 4.78 is 7.95. The van der Waals surface area contributed by atoms with E-state index in [1.165, 1.54) is 0 Å². The molecule has 5 heteroatoms. The summed E-state index contributed by atoms with van der Waals surface area (Å²) in [6.07, 6.45) is 4.09. The number of carbonyl (C=O) groups is 1. The Labute approximate surface area is 147 Å². The first-order chi connectivity index (χ1) is 12.0. The number of furan rings is 1. The van der Waals surface area contributed by atoms with Gasteiger partial charge in [-0.3, -0.25) is 4.79 Å². The van der Waals surface area contributed by atoms with Gasteiger partial charge in [0.15, 0.2) is 5.76 Å². The molecule has 0 saturated carbocycles. The molecular formula is C20H23N3O2. The van der Waals surface area contributed by atoms with Gasteiger partial charge in [0.1, 0.15) is 11.4 Å². The number of aromatic nitrogens is 2. The van der Waals surface area contributed by atoms with Crippen LogP contribution < -0.4 is 0 Å². The van der Waals surface area contributed by atoms with Crippen LogP contribution in [0.4, 0.5) is 0 Å². The van der Waals surface area contributed by atoms with Gasteiger partial charge in [0, 0.05) is 43.2 Å². The zero-order chi connectivity index (χ0) is 17.6. The minimum Gasteiger partial charge on any atom is -0.451 e. The van der Waals surface area contributed by atoms with E-state index >= 15 is 0 Å². The van der Waals surface area contributed by atoms with E-state index < -0.39 is 0 Å². The fourth-order valence-corrected chi connectivity index (χ4v) is 3.91. The Morgan fingerprint density at radius 3 is 2.80 bits per heavy atom. The SMILES string of the molecule is Cc1cn(C)c([C@H]2CCCN(C(=O)c3oc4ccccc4c3C)C2)n1. The lowest BCUT2D eigenvalue weighted by atomic mass is 9.96. The van der Waals surface area contributed by atoms with E-state index in [9.17, 15) is 4.79 Å². The summed E-state index contributed by atoms with van der Waals surface area (Å²) in [5, 5.41) is 1.01. The van der Waals surface area contributed by atoms with E-state index in [0.717, 1.165) is 47.4 Å². The third-order valence-corrected chi connectivity index (χ3v) is 5.14. The van der Waals surface area contributed by atoms with Gasteiger partial charge in [-0.05, 0) is 32.8 Å². The zero-order valence-electron chi connectivity index (χ0n) is 15.0. The Kier molecular flexibility index (Phi) is 3.86. The van der Waals surface area contributed by atoms with Gasteiger partial charge in [-0.1, -0.05) is 18.2 Å². The Balaban J connectivity index is 1.61. The maximum Gasteiger partial charge on any atom is 0.289 e. The van der Waals surface area contributed by atoms with Crippen LogP contribution in [0.25, 0.3) is 11.0 Å². The minimum absolute atomic E-state index is 0.00988. The number of amides is 1. The summed E-state index contributed by atoms with van der Waals surface area (Å²) in [5.41, 5.74) is 2.72. The van der Waals surface area contributed by atoms with Crippen LogP contribution in [0, 0.1) is 13.8 Å². The molecule has 0 unspecified atom stereocenters.